The number of methoxy groups -OCH3 is 1. The normalized spacial score (nSPS) is 11.0. The van der Waals surface area contributed by atoms with Crippen LogP contribution in [0.25, 0.3) is 10.9 Å². The lowest BCUT2D eigenvalue weighted by Gasteiger charge is -2.14. The summed E-state index contributed by atoms with van der Waals surface area (Å²) in [5.41, 5.74) is 2.06. The molecule has 1 N–H and O–H groups in total. The fraction of sp³-hybridized carbons (Fsp3) is 0.192. The van der Waals surface area contributed by atoms with E-state index in [0.717, 1.165) is 16.9 Å². The highest BCUT2D eigenvalue weighted by molar-refractivity contribution is 5.96. The smallest absolute Gasteiger partial charge is 0.331 e. The molecule has 3 aromatic carbocycles. The van der Waals surface area contributed by atoms with E-state index in [9.17, 15) is 14.4 Å². The van der Waals surface area contributed by atoms with E-state index in [1.54, 1.807) is 60.2 Å². The molecule has 0 amide bonds. The molecule has 0 aliphatic heterocycles. The third-order valence-electron chi connectivity index (χ3n) is 5.68. The second-order valence-electron chi connectivity index (χ2n) is 7.72. The molecule has 0 aliphatic rings. The highest BCUT2D eigenvalue weighted by Crippen LogP contribution is 2.14. The van der Waals surface area contributed by atoms with Crippen molar-refractivity contribution in [2.45, 2.75) is 19.5 Å². The average molecular weight is 444 g/mol. The van der Waals surface area contributed by atoms with Gasteiger partial charge in [0.15, 0.2) is 5.78 Å². The van der Waals surface area contributed by atoms with Crippen molar-refractivity contribution in [3.8, 4) is 5.75 Å². The molecular weight excluding hydrogens is 420 g/mol. The van der Waals surface area contributed by atoms with E-state index < -0.39 is 6.61 Å². The van der Waals surface area contributed by atoms with Gasteiger partial charge in [-0.15, -0.1) is 0 Å². The Morgan fingerprint density at radius 1 is 0.879 bits per heavy atom. The number of ketones is 1. The van der Waals surface area contributed by atoms with Gasteiger partial charge in [-0.2, -0.15) is 0 Å². The van der Waals surface area contributed by atoms with Crippen LogP contribution in [-0.4, -0.2) is 33.7 Å². The molecule has 0 saturated carbocycles. The Hall–Kier alpha value is -3.97. The van der Waals surface area contributed by atoms with Crippen molar-refractivity contribution in [3.63, 3.8) is 0 Å². The maximum atomic E-state index is 13.4. The molecule has 1 heterocycles. The fourth-order valence-corrected chi connectivity index (χ4v) is 3.82. The molecule has 0 radical (unpaired) electrons. The van der Waals surface area contributed by atoms with Crippen LogP contribution < -0.4 is 16.0 Å². The highest BCUT2D eigenvalue weighted by Gasteiger charge is 2.14. The van der Waals surface area contributed by atoms with Crippen LogP contribution in [0.1, 0.15) is 21.5 Å². The van der Waals surface area contributed by atoms with Gasteiger partial charge in [0.25, 0.3) is 5.56 Å². The maximum absolute atomic E-state index is 13.4. The standard InChI is InChI=1S/C26H24N2O5/c1-33-21-12-8-18(9-13-21)14-15-27-25(31)22-4-2-3-5-23(22)28(26(27)32)16-19-6-10-20(11-7-19)24(30)17-29/h2-13,29H,14-17H2,1H3. The molecule has 0 aliphatic carbocycles. The van der Waals surface area contributed by atoms with Crippen LogP contribution in [0, 0.1) is 0 Å². The number of fused-ring (bicyclic) bond motifs is 1. The van der Waals surface area contributed by atoms with Gasteiger partial charge in [0.2, 0.25) is 0 Å². The van der Waals surface area contributed by atoms with E-state index in [1.165, 1.54) is 4.57 Å². The summed E-state index contributed by atoms with van der Waals surface area (Å²) in [4.78, 5) is 38.1. The second-order valence-corrected chi connectivity index (χ2v) is 7.72. The first-order valence-corrected chi connectivity index (χ1v) is 10.6. The fourth-order valence-electron chi connectivity index (χ4n) is 3.82. The number of aliphatic hydroxyl groups is 1. The topological polar surface area (TPSA) is 90.5 Å². The zero-order chi connectivity index (χ0) is 23.4. The number of carbonyl (C=O) groups is 1. The van der Waals surface area contributed by atoms with Gasteiger partial charge in [0, 0.05) is 12.1 Å². The van der Waals surface area contributed by atoms with E-state index >= 15 is 0 Å². The third-order valence-corrected chi connectivity index (χ3v) is 5.68. The van der Waals surface area contributed by atoms with E-state index in [1.807, 2.05) is 24.3 Å². The highest BCUT2D eigenvalue weighted by atomic mass is 16.5. The van der Waals surface area contributed by atoms with Crippen LogP contribution >= 0.6 is 0 Å². The number of aromatic nitrogens is 2. The first-order chi connectivity index (χ1) is 16.0. The summed E-state index contributed by atoms with van der Waals surface area (Å²) >= 11 is 0. The van der Waals surface area contributed by atoms with E-state index in [4.69, 9.17) is 9.84 Å². The zero-order valence-electron chi connectivity index (χ0n) is 18.2. The number of hydrogen-bond acceptors (Lipinski definition) is 5. The van der Waals surface area contributed by atoms with Gasteiger partial charge in [0.1, 0.15) is 12.4 Å². The molecule has 168 valence electrons. The van der Waals surface area contributed by atoms with Crippen molar-refractivity contribution in [1.29, 1.82) is 0 Å². The Balaban J connectivity index is 1.70. The van der Waals surface area contributed by atoms with Gasteiger partial charge < -0.3 is 9.84 Å². The van der Waals surface area contributed by atoms with E-state index in [-0.39, 0.29) is 30.1 Å². The van der Waals surface area contributed by atoms with Crippen molar-refractivity contribution in [2.24, 2.45) is 0 Å². The predicted molar refractivity (Wildman–Crippen MR) is 126 cm³/mol. The van der Waals surface area contributed by atoms with Crippen molar-refractivity contribution in [3.05, 3.63) is 110 Å². The lowest BCUT2D eigenvalue weighted by atomic mass is 10.1. The van der Waals surface area contributed by atoms with Gasteiger partial charge in [-0.3, -0.25) is 18.7 Å². The monoisotopic (exact) mass is 444 g/mol. The summed E-state index contributed by atoms with van der Waals surface area (Å²) in [7, 11) is 1.60. The third kappa shape index (κ3) is 4.63. The van der Waals surface area contributed by atoms with Gasteiger partial charge in [-0.25, -0.2) is 4.79 Å². The SMILES string of the molecule is COc1ccc(CCn2c(=O)c3ccccc3n(Cc3ccc(C(=O)CO)cc3)c2=O)cc1. The number of rotatable bonds is 8. The molecule has 0 unspecified atom stereocenters. The number of benzene rings is 3. The molecule has 0 spiro atoms. The van der Waals surface area contributed by atoms with Crippen LogP contribution in [0.5, 0.6) is 5.75 Å². The molecule has 0 saturated heterocycles. The number of hydrogen-bond donors (Lipinski definition) is 1. The molecule has 0 fully saturated rings. The second kappa shape index (κ2) is 9.67. The van der Waals surface area contributed by atoms with Gasteiger partial charge >= 0.3 is 5.69 Å². The predicted octanol–water partition coefficient (Wildman–Crippen LogP) is 2.64. The molecular formula is C26H24N2O5. The number of aryl methyl sites for hydroxylation is 1. The molecule has 0 bridgehead atoms. The van der Waals surface area contributed by atoms with Gasteiger partial charge in [-0.05, 0) is 41.8 Å². The number of aliphatic hydroxyl groups excluding tert-OH is 1. The summed E-state index contributed by atoms with van der Waals surface area (Å²) in [6, 6.07) is 21.3. The minimum atomic E-state index is -0.553. The van der Waals surface area contributed by atoms with Gasteiger partial charge in [-0.1, -0.05) is 48.5 Å². The number of nitrogens with zero attached hydrogens (tertiary/aromatic N) is 2. The average Bonchev–Trinajstić information content (AvgIpc) is 2.86. The number of para-hydroxylation sites is 1. The Morgan fingerprint density at radius 2 is 1.55 bits per heavy atom. The van der Waals surface area contributed by atoms with E-state index in [0.29, 0.717) is 22.9 Å². The molecule has 33 heavy (non-hydrogen) atoms. The quantitative estimate of drug-likeness (QED) is 0.422. The van der Waals surface area contributed by atoms with Crippen LogP contribution in [0.4, 0.5) is 0 Å². The Labute approximate surface area is 190 Å². The van der Waals surface area contributed by atoms with Gasteiger partial charge in [0.05, 0.1) is 24.6 Å². The molecule has 7 heteroatoms. The van der Waals surface area contributed by atoms with Crippen LogP contribution in [0.2, 0.25) is 0 Å². The molecule has 1 aromatic heterocycles. The molecule has 7 nitrogen and oxygen atoms in total. The van der Waals surface area contributed by atoms with Crippen LogP contribution in [0.3, 0.4) is 0 Å². The minimum absolute atomic E-state index is 0.246. The summed E-state index contributed by atoms with van der Waals surface area (Å²) in [5.74, 6) is 0.381. The summed E-state index contributed by atoms with van der Waals surface area (Å²) in [5, 5.41) is 9.50. The van der Waals surface area contributed by atoms with Crippen LogP contribution in [-0.2, 0) is 19.5 Å². The number of carbonyl (C=O) groups excluding carboxylic acids is 1. The lowest BCUT2D eigenvalue weighted by Crippen LogP contribution is -2.40. The number of Topliss-reactive ketones (excluding diaryl/α,β-unsaturated/α-hetero) is 1. The Bertz CT molecular complexity index is 1400. The molecule has 4 rings (SSSR count). The van der Waals surface area contributed by atoms with Crippen molar-refractivity contribution < 1.29 is 14.6 Å². The first kappa shape index (κ1) is 22.2. The van der Waals surface area contributed by atoms with Crippen molar-refractivity contribution >= 4 is 16.7 Å². The maximum Gasteiger partial charge on any atom is 0.331 e. The van der Waals surface area contributed by atoms with Crippen molar-refractivity contribution in [1.82, 2.24) is 9.13 Å². The van der Waals surface area contributed by atoms with Crippen LogP contribution in [0.15, 0.2) is 82.4 Å². The largest absolute Gasteiger partial charge is 0.497 e. The summed E-state index contributed by atoms with van der Waals surface area (Å²) in [6.07, 6.45) is 0.523. The summed E-state index contributed by atoms with van der Waals surface area (Å²) in [6.45, 7) is -0.0584. The first-order valence-electron chi connectivity index (χ1n) is 10.6. The zero-order valence-corrected chi connectivity index (χ0v) is 18.2. The Kier molecular flexibility index (Phi) is 6.51. The molecule has 4 aromatic rings. The number of ether oxygens (including phenoxy) is 1. The molecule has 0 atom stereocenters. The minimum Gasteiger partial charge on any atom is -0.497 e. The Morgan fingerprint density at radius 3 is 2.21 bits per heavy atom. The summed E-state index contributed by atoms with van der Waals surface area (Å²) < 4.78 is 8.03. The van der Waals surface area contributed by atoms with E-state index in [2.05, 4.69) is 0 Å². The van der Waals surface area contributed by atoms with Crippen molar-refractivity contribution in [2.75, 3.05) is 13.7 Å². The lowest BCUT2D eigenvalue weighted by molar-refractivity contribution is 0.0903.